The fourth-order valence-electron chi connectivity index (χ4n) is 3.75. The van der Waals surface area contributed by atoms with E-state index in [2.05, 4.69) is 15.5 Å². The highest BCUT2D eigenvalue weighted by Crippen LogP contribution is 2.27. The van der Waals surface area contributed by atoms with Crippen LogP contribution in [-0.4, -0.2) is 46.5 Å². The average molecular weight is 388 g/mol. The van der Waals surface area contributed by atoms with Gasteiger partial charge in [0.15, 0.2) is 0 Å². The van der Waals surface area contributed by atoms with Gasteiger partial charge in [-0.25, -0.2) is 0 Å². The minimum absolute atomic E-state index is 0.165. The third-order valence-electron chi connectivity index (χ3n) is 5.25. The van der Waals surface area contributed by atoms with Crippen LogP contribution < -0.4 is 5.32 Å². The number of carbonyl (C=O) groups is 2. The Balaban J connectivity index is 1.59. The van der Waals surface area contributed by atoms with Gasteiger partial charge in [-0.1, -0.05) is 42.0 Å². The number of hydrogen-bond donors (Lipinski definition) is 1. The van der Waals surface area contributed by atoms with Crippen LogP contribution in [-0.2, 0) is 4.79 Å². The molecular weight excluding hydrogens is 364 g/mol. The first kappa shape index (κ1) is 19.1. The van der Waals surface area contributed by atoms with Gasteiger partial charge in [-0.3, -0.25) is 9.59 Å². The zero-order chi connectivity index (χ0) is 20.2. The van der Waals surface area contributed by atoms with Gasteiger partial charge in [0, 0.05) is 37.0 Å². The van der Waals surface area contributed by atoms with Crippen LogP contribution in [0.3, 0.4) is 0 Å². The predicted octanol–water partition coefficient (Wildman–Crippen LogP) is 3.35. The Kier molecular flexibility index (Phi) is 5.51. The van der Waals surface area contributed by atoms with E-state index in [0.717, 1.165) is 35.9 Å². The number of fused-ring (bicyclic) bond motifs is 1. The zero-order valence-corrected chi connectivity index (χ0v) is 16.5. The van der Waals surface area contributed by atoms with Crippen LogP contribution in [0.15, 0.2) is 48.5 Å². The maximum absolute atomic E-state index is 13.2. The largest absolute Gasteiger partial charge is 0.352 e. The van der Waals surface area contributed by atoms with E-state index >= 15 is 0 Å². The van der Waals surface area contributed by atoms with Crippen molar-refractivity contribution < 1.29 is 9.59 Å². The Morgan fingerprint density at radius 3 is 2.72 bits per heavy atom. The van der Waals surface area contributed by atoms with Gasteiger partial charge < -0.3 is 10.2 Å². The Morgan fingerprint density at radius 2 is 1.97 bits per heavy atom. The molecule has 1 N–H and O–H groups in total. The monoisotopic (exact) mass is 388 g/mol. The molecule has 1 fully saturated rings. The highest BCUT2D eigenvalue weighted by molar-refractivity contribution is 6.10. The van der Waals surface area contributed by atoms with E-state index < -0.39 is 0 Å². The van der Waals surface area contributed by atoms with E-state index in [1.54, 1.807) is 0 Å². The molecule has 1 aromatic heterocycles. The number of nitrogens with one attached hydrogen (secondary N) is 1. The maximum Gasteiger partial charge on any atom is 0.254 e. The molecule has 1 aliphatic rings. The first-order valence-electron chi connectivity index (χ1n) is 10.0. The zero-order valence-electron chi connectivity index (χ0n) is 16.5. The van der Waals surface area contributed by atoms with Crippen molar-refractivity contribution in [1.29, 1.82) is 0 Å². The topological polar surface area (TPSA) is 75.2 Å². The molecule has 2 aromatic carbocycles. The maximum atomic E-state index is 13.2. The van der Waals surface area contributed by atoms with Crippen molar-refractivity contribution in [3.63, 3.8) is 0 Å². The number of carbonyl (C=O) groups excluding carboxylic acids is 2. The van der Waals surface area contributed by atoms with E-state index in [1.807, 2.05) is 60.4 Å². The number of nitrogens with zero attached hydrogens (tertiary/aromatic N) is 3. The number of aryl methyl sites for hydroxylation is 1. The van der Waals surface area contributed by atoms with Crippen molar-refractivity contribution in [2.75, 3.05) is 19.6 Å². The van der Waals surface area contributed by atoms with Gasteiger partial charge >= 0.3 is 0 Å². The van der Waals surface area contributed by atoms with Crippen LogP contribution in [0.2, 0.25) is 0 Å². The first-order chi connectivity index (χ1) is 14.1. The lowest BCUT2D eigenvalue weighted by Crippen LogP contribution is -2.31. The lowest BCUT2D eigenvalue weighted by Gasteiger charge is -2.16. The summed E-state index contributed by atoms with van der Waals surface area (Å²) in [5.74, 6) is 0.0459. The fraction of sp³-hybridized carbons (Fsp3) is 0.304. The van der Waals surface area contributed by atoms with Crippen molar-refractivity contribution in [2.45, 2.75) is 26.2 Å². The van der Waals surface area contributed by atoms with E-state index in [-0.39, 0.29) is 11.8 Å². The van der Waals surface area contributed by atoms with Crippen LogP contribution >= 0.6 is 0 Å². The molecule has 0 bridgehead atoms. The molecule has 3 aromatic rings. The summed E-state index contributed by atoms with van der Waals surface area (Å²) in [5, 5.41) is 12.5. The van der Waals surface area contributed by atoms with Crippen LogP contribution in [0.1, 0.15) is 35.2 Å². The normalized spacial score (nSPS) is 13.8. The summed E-state index contributed by atoms with van der Waals surface area (Å²) in [6, 6.07) is 15.5. The summed E-state index contributed by atoms with van der Waals surface area (Å²) in [4.78, 5) is 26.8. The first-order valence-corrected chi connectivity index (χ1v) is 10.0. The SMILES string of the molecule is Cc1ccc2nnc(-c3ccccc3)c(C(=O)NCCCN3CCCC3=O)c2c1. The molecule has 0 atom stereocenters. The molecule has 2 heterocycles. The molecule has 148 valence electrons. The summed E-state index contributed by atoms with van der Waals surface area (Å²) in [6.45, 7) is 4.01. The molecule has 0 unspecified atom stereocenters. The smallest absolute Gasteiger partial charge is 0.254 e. The summed E-state index contributed by atoms with van der Waals surface area (Å²) in [5.41, 5.74) is 3.74. The Hall–Kier alpha value is -3.28. The van der Waals surface area contributed by atoms with Crippen LogP contribution in [0.5, 0.6) is 0 Å². The average Bonchev–Trinajstić information content (AvgIpc) is 3.15. The fourth-order valence-corrected chi connectivity index (χ4v) is 3.75. The number of rotatable bonds is 6. The Bertz CT molecular complexity index is 1050. The number of hydrogen-bond acceptors (Lipinski definition) is 4. The predicted molar refractivity (Wildman–Crippen MR) is 112 cm³/mol. The van der Waals surface area contributed by atoms with Crippen LogP contribution in [0, 0.1) is 6.92 Å². The van der Waals surface area contributed by atoms with Crippen molar-refractivity contribution >= 4 is 22.7 Å². The number of aromatic nitrogens is 2. The summed E-state index contributed by atoms with van der Waals surface area (Å²) >= 11 is 0. The van der Waals surface area contributed by atoms with Gasteiger partial charge in [0.05, 0.1) is 11.1 Å². The number of amides is 2. The molecule has 0 spiro atoms. The van der Waals surface area contributed by atoms with Gasteiger partial charge in [0.25, 0.3) is 5.91 Å². The van der Waals surface area contributed by atoms with Crippen molar-refractivity contribution in [3.8, 4) is 11.3 Å². The van der Waals surface area contributed by atoms with Crippen LogP contribution in [0.4, 0.5) is 0 Å². The Labute approximate surface area is 169 Å². The lowest BCUT2D eigenvalue weighted by atomic mass is 10.00. The molecule has 4 rings (SSSR count). The minimum atomic E-state index is -0.165. The quantitative estimate of drug-likeness (QED) is 0.657. The van der Waals surface area contributed by atoms with E-state index in [9.17, 15) is 9.59 Å². The molecule has 1 saturated heterocycles. The second-order valence-electron chi connectivity index (χ2n) is 7.40. The number of likely N-dealkylation sites (tertiary alicyclic amines) is 1. The third kappa shape index (κ3) is 4.11. The lowest BCUT2D eigenvalue weighted by molar-refractivity contribution is -0.127. The summed E-state index contributed by atoms with van der Waals surface area (Å²) in [6.07, 6.45) is 2.30. The second-order valence-corrected chi connectivity index (χ2v) is 7.40. The summed E-state index contributed by atoms with van der Waals surface area (Å²) in [7, 11) is 0. The molecule has 0 saturated carbocycles. The van der Waals surface area contributed by atoms with E-state index in [0.29, 0.717) is 36.3 Å². The second kappa shape index (κ2) is 8.39. The molecule has 6 heteroatoms. The van der Waals surface area contributed by atoms with Gasteiger partial charge in [-0.15, -0.1) is 10.2 Å². The molecule has 6 nitrogen and oxygen atoms in total. The number of benzene rings is 2. The van der Waals surface area contributed by atoms with Gasteiger partial charge in [0.2, 0.25) is 5.91 Å². The van der Waals surface area contributed by atoms with Crippen LogP contribution in [0.25, 0.3) is 22.2 Å². The standard InChI is InChI=1S/C23H24N4O2/c1-16-10-11-19-18(15-16)21(22(26-25-19)17-7-3-2-4-8-17)23(29)24-12-6-14-27-13-5-9-20(27)28/h2-4,7-8,10-11,15H,5-6,9,12-14H2,1H3,(H,24,29). The van der Waals surface area contributed by atoms with Gasteiger partial charge in [-0.05, 0) is 31.9 Å². The van der Waals surface area contributed by atoms with Gasteiger partial charge in [0.1, 0.15) is 5.69 Å². The highest BCUT2D eigenvalue weighted by Gasteiger charge is 2.21. The molecule has 0 aliphatic carbocycles. The molecule has 29 heavy (non-hydrogen) atoms. The minimum Gasteiger partial charge on any atom is -0.352 e. The summed E-state index contributed by atoms with van der Waals surface area (Å²) < 4.78 is 0. The molecule has 1 aliphatic heterocycles. The van der Waals surface area contributed by atoms with Gasteiger partial charge in [-0.2, -0.15) is 0 Å². The van der Waals surface area contributed by atoms with E-state index in [1.165, 1.54) is 0 Å². The highest BCUT2D eigenvalue weighted by atomic mass is 16.2. The molecule has 0 radical (unpaired) electrons. The van der Waals surface area contributed by atoms with E-state index in [4.69, 9.17) is 0 Å². The third-order valence-corrected chi connectivity index (χ3v) is 5.25. The Morgan fingerprint density at radius 1 is 1.14 bits per heavy atom. The van der Waals surface area contributed by atoms with Crippen molar-refractivity contribution in [1.82, 2.24) is 20.4 Å². The molecule has 2 amide bonds. The van der Waals surface area contributed by atoms with Crippen molar-refractivity contribution in [2.24, 2.45) is 0 Å². The van der Waals surface area contributed by atoms with Crippen molar-refractivity contribution in [3.05, 3.63) is 59.7 Å². The molecular formula is C23H24N4O2.